The summed E-state index contributed by atoms with van der Waals surface area (Å²) in [5.41, 5.74) is -0.434. The maximum absolute atomic E-state index is 12.2. The number of carbonyl (C=O) groups is 1. The molecule has 0 spiro atoms. The van der Waals surface area contributed by atoms with E-state index in [1.807, 2.05) is 32.4 Å². The van der Waals surface area contributed by atoms with Crippen LogP contribution in [0.25, 0.3) is 0 Å². The number of ether oxygens (including phenoxy) is 1. The highest BCUT2D eigenvalue weighted by molar-refractivity contribution is 5.76. The average molecular weight is 266 g/mol. The molecule has 0 radical (unpaired) electrons. The molecule has 2 heterocycles. The van der Waals surface area contributed by atoms with Gasteiger partial charge in [-0.15, -0.1) is 10.2 Å². The number of hydrogen-bond donors (Lipinski definition) is 0. The molecule has 0 N–H and O–H groups in total. The fourth-order valence-corrected chi connectivity index (χ4v) is 2.28. The molecule has 6 nitrogen and oxygen atoms in total. The summed E-state index contributed by atoms with van der Waals surface area (Å²) in [5.74, 6) is 0.739. The van der Waals surface area contributed by atoms with E-state index < -0.39 is 5.60 Å². The van der Waals surface area contributed by atoms with Crippen molar-refractivity contribution in [3.8, 4) is 0 Å². The zero-order valence-corrected chi connectivity index (χ0v) is 12.1. The van der Waals surface area contributed by atoms with E-state index in [0.29, 0.717) is 6.54 Å². The number of hydrogen-bond acceptors (Lipinski definition) is 5. The van der Waals surface area contributed by atoms with Gasteiger partial charge in [0.2, 0.25) is 0 Å². The van der Waals surface area contributed by atoms with E-state index in [1.165, 1.54) is 0 Å². The van der Waals surface area contributed by atoms with Gasteiger partial charge in [-0.25, -0.2) is 0 Å². The Balaban J connectivity index is 2.01. The summed E-state index contributed by atoms with van der Waals surface area (Å²) >= 11 is 0. The van der Waals surface area contributed by atoms with Gasteiger partial charge in [-0.3, -0.25) is 9.69 Å². The fourth-order valence-electron chi connectivity index (χ4n) is 2.28. The summed E-state index contributed by atoms with van der Waals surface area (Å²) in [6.07, 6.45) is 3.54. The van der Waals surface area contributed by atoms with Crippen molar-refractivity contribution >= 4 is 5.97 Å². The molecule has 1 aromatic heterocycles. The molecular weight excluding hydrogens is 244 g/mol. The molecule has 0 unspecified atom stereocenters. The van der Waals surface area contributed by atoms with Crippen LogP contribution in [0, 0.1) is 0 Å². The number of likely N-dealkylation sites (tertiary alicyclic amines) is 1. The highest BCUT2D eigenvalue weighted by atomic mass is 16.6. The minimum absolute atomic E-state index is 0.132. The van der Waals surface area contributed by atoms with Gasteiger partial charge >= 0.3 is 5.97 Å². The van der Waals surface area contributed by atoms with Crippen molar-refractivity contribution in [1.29, 1.82) is 0 Å². The zero-order chi connectivity index (χ0) is 14.0. The summed E-state index contributed by atoms with van der Waals surface area (Å²) < 4.78 is 7.36. The number of aryl methyl sites for hydroxylation is 1. The monoisotopic (exact) mass is 266 g/mol. The van der Waals surface area contributed by atoms with Crippen LogP contribution in [0.3, 0.4) is 0 Å². The Morgan fingerprint density at radius 2 is 2.26 bits per heavy atom. The van der Waals surface area contributed by atoms with Gasteiger partial charge in [-0.1, -0.05) is 0 Å². The van der Waals surface area contributed by atoms with Crippen LogP contribution < -0.4 is 0 Å². The van der Waals surface area contributed by atoms with Gasteiger partial charge in [-0.2, -0.15) is 0 Å². The van der Waals surface area contributed by atoms with Crippen molar-refractivity contribution in [3.05, 3.63) is 12.2 Å². The second-order valence-corrected chi connectivity index (χ2v) is 6.02. The standard InChI is InChI=1S/C13H22N4O2/c1-13(2,3)19-12(18)10-6-5-7-17(10)8-11-15-14-9-16(11)4/h9-10H,5-8H2,1-4H3/t10-/m0/s1. The highest BCUT2D eigenvalue weighted by Crippen LogP contribution is 2.22. The minimum Gasteiger partial charge on any atom is -0.459 e. The van der Waals surface area contributed by atoms with Crippen LogP contribution >= 0.6 is 0 Å². The molecule has 0 saturated carbocycles. The van der Waals surface area contributed by atoms with Crippen LogP contribution in [-0.2, 0) is 23.1 Å². The number of esters is 1. The van der Waals surface area contributed by atoms with Crippen LogP contribution in [-0.4, -0.2) is 43.8 Å². The molecule has 6 heteroatoms. The lowest BCUT2D eigenvalue weighted by Crippen LogP contribution is -2.40. The molecule has 0 aromatic carbocycles. The van der Waals surface area contributed by atoms with Crippen molar-refractivity contribution in [2.45, 2.75) is 51.8 Å². The lowest BCUT2D eigenvalue weighted by atomic mass is 10.1. The van der Waals surface area contributed by atoms with Crippen molar-refractivity contribution in [1.82, 2.24) is 19.7 Å². The lowest BCUT2D eigenvalue weighted by molar-refractivity contribution is -0.160. The molecule has 1 aliphatic heterocycles. The van der Waals surface area contributed by atoms with Crippen LogP contribution in [0.4, 0.5) is 0 Å². The predicted octanol–water partition coefficient (Wildman–Crippen LogP) is 1.12. The lowest BCUT2D eigenvalue weighted by Gasteiger charge is -2.26. The van der Waals surface area contributed by atoms with Crippen molar-refractivity contribution in [2.24, 2.45) is 7.05 Å². The molecule has 0 aliphatic carbocycles. The molecule has 1 atom stereocenters. The van der Waals surface area contributed by atoms with Crippen molar-refractivity contribution in [3.63, 3.8) is 0 Å². The molecule has 1 aliphatic rings. The van der Waals surface area contributed by atoms with Gasteiger partial charge in [0, 0.05) is 7.05 Å². The van der Waals surface area contributed by atoms with Crippen LogP contribution in [0.1, 0.15) is 39.4 Å². The van der Waals surface area contributed by atoms with Gasteiger partial charge in [0.25, 0.3) is 0 Å². The van der Waals surface area contributed by atoms with E-state index in [0.717, 1.165) is 25.2 Å². The Labute approximate surface area is 113 Å². The maximum atomic E-state index is 12.2. The summed E-state index contributed by atoms with van der Waals surface area (Å²) in [7, 11) is 1.91. The minimum atomic E-state index is -0.434. The molecule has 106 valence electrons. The first kappa shape index (κ1) is 14.0. The molecule has 0 amide bonds. The first-order chi connectivity index (χ1) is 8.87. The van der Waals surface area contributed by atoms with Gasteiger partial charge in [0.1, 0.15) is 23.8 Å². The predicted molar refractivity (Wildman–Crippen MR) is 70.3 cm³/mol. The number of carbonyl (C=O) groups excluding carboxylic acids is 1. The summed E-state index contributed by atoms with van der Waals surface area (Å²) in [4.78, 5) is 14.3. The first-order valence-corrected chi connectivity index (χ1v) is 6.66. The third kappa shape index (κ3) is 3.53. The molecule has 1 aromatic rings. The normalized spacial score (nSPS) is 20.7. The zero-order valence-electron chi connectivity index (χ0n) is 12.1. The van der Waals surface area contributed by atoms with Crippen LogP contribution in [0.2, 0.25) is 0 Å². The van der Waals surface area contributed by atoms with Crippen LogP contribution in [0.15, 0.2) is 6.33 Å². The Hall–Kier alpha value is -1.43. The number of aromatic nitrogens is 3. The van der Waals surface area contributed by atoms with Crippen molar-refractivity contribution in [2.75, 3.05) is 6.54 Å². The molecule has 2 rings (SSSR count). The average Bonchev–Trinajstić information content (AvgIpc) is 2.87. The SMILES string of the molecule is Cn1cnnc1CN1CCC[C@H]1C(=O)OC(C)(C)C. The van der Waals surface area contributed by atoms with Gasteiger partial charge in [0.05, 0.1) is 6.54 Å². The Morgan fingerprint density at radius 3 is 2.84 bits per heavy atom. The van der Waals surface area contributed by atoms with E-state index in [1.54, 1.807) is 6.33 Å². The molecule has 1 saturated heterocycles. The van der Waals surface area contributed by atoms with Gasteiger partial charge in [-0.05, 0) is 40.2 Å². The topological polar surface area (TPSA) is 60.2 Å². The van der Waals surface area contributed by atoms with E-state index >= 15 is 0 Å². The number of rotatable bonds is 3. The van der Waals surface area contributed by atoms with E-state index in [-0.39, 0.29) is 12.0 Å². The third-order valence-corrected chi connectivity index (χ3v) is 3.19. The number of nitrogens with zero attached hydrogens (tertiary/aromatic N) is 4. The highest BCUT2D eigenvalue weighted by Gasteiger charge is 2.34. The maximum Gasteiger partial charge on any atom is 0.323 e. The van der Waals surface area contributed by atoms with E-state index in [9.17, 15) is 4.79 Å². The fraction of sp³-hybridized carbons (Fsp3) is 0.769. The molecule has 0 bridgehead atoms. The first-order valence-electron chi connectivity index (χ1n) is 6.66. The van der Waals surface area contributed by atoms with Crippen molar-refractivity contribution < 1.29 is 9.53 Å². The molecule has 1 fully saturated rings. The Kier molecular flexibility index (Phi) is 3.89. The van der Waals surface area contributed by atoms with Crippen LogP contribution in [0.5, 0.6) is 0 Å². The quantitative estimate of drug-likeness (QED) is 0.767. The van der Waals surface area contributed by atoms with Gasteiger partial charge < -0.3 is 9.30 Å². The summed E-state index contributed by atoms with van der Waals surface area (Å²) in [6, 6.07) is -0.157. The Morgan fingerprint density at radius 1 is 1.53 bits per heavy atom. The second kappa shape index (κ2) is 5.28. The molecule has 19 heavy (non-hydrogen) atoms. The smallest absolute Gasteiger partial charge is 0.323 e. The second-order valence-electron chi connectivity index (χ2n) is 6.02. The summed E-state index contributed by atoms with van der Waals surface area (Å²) in [6.45, 7) is 7.23. The summed E-state index contributed by atoms with van der Waals surface area (Å²) in [5, 5.41) is 7.93. The largest absolute Gasteiger partial charge is 0.459 e. The molecular formula is C13H22N4O2. The van der Waals surface area contributed by atoms with E-state index in [2.05, 4.69) is 15.1 Å². The van der Waals surface area contributed by atoms with Gasteiger partial charge in [0.15, 0.2) is 0 Å². The Bertz CT molecular complexity index is 450. The third-order valence-electron chi connectivity index (χ3n) is 3.19. The van der Waals surface area contributed by atoms with E-state index in [4.69, 9.17) is 4.74 Å².